The lowest BCUT2D eigenvalue weighted by molar-refractivity contribution is 0.0682. The summed E-state index contributed by atoms with van der Waals surface area (Å²) in [5.74, 6) is -3.78. The van der Waals surface area contributed by atoms with Crippen molar-refractivity contribution >= 4 is 23.3 Å². The second-order valence-electron chi connectivity index (χ2n) is 4.15. The Morgan fingerprint density at radius 3 is 1.41 bits per heavy atom. The zero-order valence-corrected chi connectivity index (χ0v) is 11.0. The molecular weight excluding hydrogens is 292 g/mol. The fourth-order valence-electron chi connectivity index (χ4n) is 1.77. The van der Waals surface area contributed by atoms with Gasteiger partial charge in [-0.25, -0.2) is 9.59 Å². The van der Waals surface area contributed by atoms with Crippen molar-refractivity contribution in [1.29, 1.82) is 0 Å². The Balaban J connectivity index is 2.51. The second-order valence-corrected chi connectivity index (χ2v) is 4.15. The van der Waals surface area contributed by atoms with E-state index in [-0.39, 0.29) is 11.4 Å². The first-order valence-corrected chi connectivity index (χ1v) is 5.94. The Bertz CT molecular complexity index is 719. The van der Waals surface area contributed by atoms with Crippen LogP contribution < -0.4 is 0 Å². The molecule has 0 fully saturated rings. The highest BCUT2D eigenvalue weighted by molar-refractivity contribution is 5.97. The molecular formula is C14H10N2O6. The van der Waals surface area contributed by atoms with Crippen LogP contribution in [0.1, 0.15) is 20.7 Å². The molecule has 0 aromatic heterocycles. The van der Waals surface area contributed by atoms with Crippen LogP contribution in [0.2, 0.25) is 0 Å². The van der Waals surface area contributed by atoms with Crippen LogP contribution in [0.5, 0.6) is 11.5 Å². The predicted molar refractivity (Wildman–Crippen MR) is 74.3 cm³/mol. The van der Waals surface area contributed by atoms with Gasteiger partial charge in [-0.3, -0.25) is 0 Å². The van der Waals surface area contributed by atoms with Crippen LogP contribution in [-0.4, -0.2) is 32.4 Å². The molecule has 0 aliphatic heterocycles. The summed E-state index contributed by atoms with van der Waals surface area (Å²) in [5.41, 5.74) is -1.20. The Labute approximate surface area is 123 Å². The number of carboxylic acid groups (broad SMARTS) is 2. The Morgan fingerprint density at radius 2 is 1.09 bits per heavy atom. The molecule has 0 unspecified atom stereocenters. The minimum absolute atomic E-state index is 0.146. The molecule has 8 heteroatoms. The van der Waals surface area contributed by atoms with Crippen LogP contribution in [-0.2, 0) is 0 Å². The van der Waals surface area contributed by atoms with E-state index in [4.69, 9.17) is 10.2 Å². The monoisotopic (exact) mass is 302 g/mol. The lowest BCUT2D eigenvalue weighted by Crippen LogP contribution is -1.98. The standard InChI is InChI=1S/C14H10N2O6/c17-9-5-1-3-7(11(9)13(19)20)15-16-8-4-2-6-10(18)12(8)14(21)22/h1-6,17-18H,(H,19,20)(H,21,22). The van der Waals surface area contributed by atoms with Crippen molar-refractivity contribution in [3.63, 3.8) is 0 Å². The van der Waals surface area contributed by atoms with E-state index >= 15 is 0 Å². The summed E-state index contributed by atoms with van der Waals surface area (Å²) in [6.45, 7) is 0. The van der Waals surface area contributed by atoms with E-state index < -0.39 is 34.6 Å². The van der Waals surface area contributed by atoms with Gasteiger partial charge in [-0.15, -0.1) is 10.2 Å². The smallest absolute Gasteiger partial charge is 0.341 e. The van der Waals surface area contributed by atoms with Gasteiger partial charge in [0.1, 0.15) is 34.0 Å². The Morgan fingerprint density at radius 1 is 0.727 bits per heavy atom. The fraction of sp³-hybridized carbons (Fsp3) is 0. The third-order valence-electron chi connectivity index (χ3n) is 2.73. The summed E-state index contributed by atoms with van der Waals surface area (Å²) < 4.78 is 0. The maximum absolute atomic E-state index is 11.1. The van der Waals surface area contributed by atoms with Crippen molar-refractivity contribution in [1.82, 2.24) is 0 Å². The molecule has 8 nitrogen and oxygen atoms in total. The van der Waals surface area contributed by atoms with Crippen LogP contribution in [0.15, 0.2) is 46.6 Å². The molecule has 2 rings (SSSR count). The van der Waals surface area contributed by atoms with Crippen LogP contribution in [0, 0.1) is 0 Å². The van der Waals surface area contributed by atoms with E-state index in [2.05, 4.69) is 10.2 Å². The van der Waals surface area contributed by atoms with Crippen molar-refractivity contribution in [2.75, 3.05) is 0 Å². The molecule has 112 valence electrons. The molecule has 0 amide bonds. The Hall–Kier alpha value is -3.42. The van der Waals surface area contributed by atoms with E-state index in [1.807, 2.05) is 0 Å². The summed E-state index contributed by atoms with van der Waals surface area (Å²) in [5, 5.41) is 44.4. The molecule has 2 aromatic carbocycles. The summed E-state index contributed by atoms with van der Waals surface area (Å²) in [6, 6.07) is 7.71. The average molecular weight is 302 g/mol. The normalized spacial score (nSPS) is 10.7. The third-order valence-corrected chi connectivity index (χ3v) is 2.73. The SMILES string of the molecule is O=C(O)c1c(O)cccc1N=Nc1cccc(O)c1C(=O)O. The first-order chi connectivity index (χ1) is 10.4. The zero-order chi connectivity index (χ0) is 16.3. The topological polar surface area (TPSA) is 140 Å². The van der Waals surface area contributed by atoms with E-state index in [1.54, 1.807) is 0 Å². The number of nitrogens with zero attached hydrogens (tertiary/aromatic N) is 2. The van der Waals surface area contributed by atoms with Gasteiger partial charge < -0.3 is 20.4 Å². The number of benzene rings is 2. The van der Waals surface area contributed by atoms with Crippen molar-refractivity contribution < 1.29 is 30.0 Å². The van der Waals surface area contributed by atoms with Crippen LogP contribution in [0.25, 0.3) is 0 Å². The number of phenols is 2. The minimum atomic E-state index is -1.40. The summed E-state index contributed by atoms with van der Waals surface area (Å²) in [6.07, 6.45) is 0. The van der Waals surface area contributed by atoms with Crippen molar-refractivity contribution in [2.45, 2.75) is 0 Å². The van der Waals surface area contributed by atoms with Gasteiger partial charge in [0, 0.05) is 0 Å². The van der Waals surface area contributed by atoms with Crippen LogP contribution in [0.4, 0.5) is 11.4 Å². The number of carbonyl (C=O) groups is 2. The first kappa shape index (κ1) is 15.0. The highest BCUT2D eigenvalue weighted by Crippen LogP contribution is 2.32. The number of hydrogen-bond acceptors (Lipinski definition) is 6. The van der Waals surface area contributed by atoms with Gasteiger partial charge in [0.2, 0.25) is 0 Å². The van der Waals surface area contributed by atoms with Gasteiger partial charge >= 0.3 is 11.9 Å². The van der Waals surface area contributed by atoms with Gasteiger partial charge in [0.15, 0.2) is 0 Å². The van der Waals surface area contributed by atoms with Crippen molar-refractivity contribution in [3.8, 4) is 11.5 Å². The number of rotatable bonds is 4. The maximum atomic E-state index is 11.1. The summed E-state index contributed by atoms with van der Waals surface area (Å²) in [7, 11) is 0. The average Bonchev–Trinajstić information content (AvgIpc) is 2.44. The molecule has 0 saturated carbocycles. The molecule has 0 saturated heterocycles. The van der Waals surface area contributed by atoms with E-state index in [9.17, 15) is 19.8 Å². The predicted octanol–water partition coefficient (Wildman–Crippen LogP) is 2.91. The number of azo groups is 1. The van der Waals surface area contributed by atoms with Gasteiger partial charge in [0.25, 0.3) is 0 Å². The quantitative estimate of drug-likeness (QED) is 0.640. The number of carboxylic acids is 2. The second kappa shape index (κ2) is 5.92. The highest BCUT2D eigenvalue weighted by atomic mass is 16.4. The lowest BCUT2D eigenvalue weighted by atomic mass is 10.1. The first-order valence-electron chi connectivity index (χ1n) is 5.94. The zero-order valence-electron chi connectivity index (χ0n) is 11.0. The van der Waals surface area contributed by atoms with E-state index in [0.29, 0.717) is 0 Å². The molecule has 0 radical (unpaired) electrons. The highest BCUT2D eigenvalue weighted by Gasteiger charge is 2.17. The van der Waals surface area contributed by atoms with Gasteiger partial charge in [-0.2, -0.15) is 0 Å². The Kier molecular flexibility index (Phi) is 4.03. The molecule has 2 aromatic rings. The van der Waals surface area contributed by atoms with Gasteiger partial charge in [-0.05, 0) is 24.3 Å². The van der Waals surface area contributed by atoms with E-state index in [1.165, 1.54) is 36.4 Å². The lowest BCUT2D eigenvalue weighted by Gasteiger charge is -2.04. The molecule has 0 aliphatic rings. The molecule has 0 heterocycles. The van der Waals surface area contributed by atoms with Crippen LogP contribution >= 0.6 is 0 Å². The molecule has 4 N–H and O–H groups in total. The van der Waals surface area contributed by atoms with E-state index in [0.717, 1.165) is 0 Å². The van der Waals surface area contributed by atoms with Crippen molar-refractivity contribution in [2.24, 2.45) is 10.2 Å². The molecule has 22 heavy (non-hydrogen) atoms. The molecule has 0 spiro atoms. The summed E-state index contributed by atoms with van der Waals surface area (Å²) >= 11 is 0. The number of aromatic hydroxyl groups is 2. The number of hydrogen-bond donors (Lipinski definition) is 4. The van der Waals surface area contributed by atoms with Crippen LogP contribution in [0.3, 0.4) is 0 Å². The van der Waals surface area contributed by atoms with Gasteiger partial charge in [-0.1, -0.05) is 12.1 Å². The molecule has 0 aliphatic carbocycles. The number of aromatic carboxylic acids is 2. The molecule has 0 atom stereocenters. The minimum Gasteiger partial charge on any atom is -0.507 e. The maximum Gasteiger partial charge on any atom is 0.341 e. The van der Waals surface area contributed by atoms with Gasteiger partial charge in [0.05, 0.1) is 0 Å². The largest absolute Gasteiger partial charge is 0.507 e. The summed E-state index contributed by atoms with van der Waals surface area (Å²) in [4.78, 5) is 22.2. The third kappa shape index (κ3) is 2.85. The molecule has 0 bridgehead atoms. The van der Waals surface area contributed by atoms with Crippen molar-refractivity contribution in [3.05, 3.63) is 47.5 Å². The fourth-order valence-corrected chi connectivity index (χ4v) is 1.77.